The number of fused-ring (bicyclic) bond motifs is 13. The zero-order valence-electron chi connectivity index (χ0n) is 25.4. The molecule has 0 aliphatic carbocycles. The Morgan fingerprint density at radius 3 is 1.83 bits per heavy atom. The monoisotopic (exact) mass is 693 g/mol. The molecule has 4 heterocycles. The van der Waals surface area contributed by atoms with Gasteiger partial charge in [-0.3, -0.25) is 0 Å². The Kier molecular flexibility index (Phi) is 5.34. The van der Waals surface area contributed by atoms with Gasteiger partial charge in [0.25, 0.3) is 0 Å². The van der Waals surface area contributed by atoms with E-state index in [-0.39, 0.29) is 14.5 Å². The molecular weight excluding hydrogens is 670 g/mol. The van der Waals surface area contributed by atoms with Crippen LogP contribution in [-0.4, -0.2) is 23.6 Å². The zero-order chi connectivity index (χ0) is 31.5. The molecule has 0 spiro atoms. The van der Waals surface area contributed by atoms with Crippen molar-refractivity contribution in [1.82, 2.24) is 9.13 Å². The number of aromatic nitrogens is 2. The SMILES string of the molecule is N#Cc1ccc2c(c1)c1ccccc1n2-c1ccc2[se]c3ccc(-n4c5ccccc5c5ccc6c7ccccc7sc6c54)cc3c2c1. The molecule has 0 fully saturated rings. The molecule has 0 aliphatic rings. The number of hydrogen-bond donors (Lipinski definition) is 0. The van der Waals surface area contributed by atoms with E-state index in [9.17, 15) is 5.26 Å². The van der Waals surface area contributed by atoms with Gasteiger partial charge in [0.15, 0.2) is 0 Å². The first-order valence-electron chi connectivity index (χ1n) is 16.0. The second kappa shape index (κ2) is 9.70. The van der Waals surface area contributed by atoms with Crippen LogP contribution in [0.4, 0.5) is 0 Å². The molecule has 4 aromatic heterocycles. The van der Waals surface area contributed by atoms with E-state index in [1.165, 1.54) is 67.0 Å². The molecular formula is C43H23N3SSe. The summed E-state index contributed by atoms with van der Waals surface area (Å²) in [4.78, 5) is 0. The van der Waals surface area contributed by atoms with E-state index in [1.807, 2.05) is 23.5 Å². The van der Waals surface area contributed by atoms with E-state index in [0.29, 0.717) is 5.56 Å². The zero-order valence-corrected chi connectivity index (χ0v) is 28.0. The minimum atomic E-state index is 0.240. The fraction of sp³-hybridized carbons (Fsp3) is 0. The van der Waals surface area contributed by atoms with Gasteiger partial charge in [0.1, 0.15) is 0 Å². The Morgan fingerprint density at radius 2 is 1.08 bits per heavy atom. The summed E-state index contributed by atoms with van der Waals surface area (Å²) in [7, 11) is 0. The topological polar surface area (TPSA) is 33.6 Å². The third-order valence-electron chi connectivity index (χ3n) is 9.93. The average molecular weight is 693 g/mol. The summed E-state index contributed by atoms with van der Waals surface area (Å²) in [6, 6.07) is 53.2. The molecule has 0 saturated carbocycles. The molecule has 0 aliphatic heterocycles. The first-order valence-corrected chi connectivity index (χ1v) is 18.5. The quantitative estimate of drug-likeness (QED) is 0.166. The predicted molar refractivity (Wildman–Crippen MR) is 205 cm³/mol. The van der Waals surface area contributed by atoms with Crippen LogP contribution in [0.25, 0.3) is 94.5 Å². The van der Waals surface area contributed by atoms with Crippen molar-refractivity contribution in [3.8, 4) is 17.4 Å². The second-order valence-electron chi connectivity index (χ2n) is 12.4. The summed E-state index contributed by atoms with van der Waals surface area (Å²) >= 11 is 2.14. The second-order valence-corrected chi connectivity index (χ2v) is 15.8. The average Bonchev–Trinajstić information content (AvgIpc) is 3.88. The third-order valence-corrected chi connectivity index (χ3v) is 13.5. The Morgan fingerprint density at radius 1 is 0.479 bits per heavy atom. The van der Waals surface area contributed by atoms with E-state index in [4.69, 9.17) is 0 Å². The first kappa shape index (κ1) is 26.4. The first-order chi connectivity index (χ1) is 23.7. The van der Waals surface area contributed by atoms with Crippen molar-refractivity contribution in [3.05, 3.63) is 145 Å². The van der Waals surface area contributed by atoms with Crippen molar-refractivity contribution in [1.29, 1.82) is 5.26 Å². The van der Waals surface area contributed by atoms with Crippen molar-refractivity contribution in [2.75, 3.05) is 0 Å². The molecule has 11 aromatic rings. The van der Waals surface area contributed by atoms with E-state index >= 15 is 0 Å². The molecule has 0 unspecified atom stereocenters. The molecule has 0 amide bonds. The van der Waals surface area contributed by atoms with Crippen molar-refractivity contribution in [3.63, 3.8) is 0 Å². The van der Waals surface area contributed by atoms with Gasteiger partial charge in [-0.2, -0.15) is 0 Å². The van der Waals surface area contributed by atoms with Crippen LogP contribution in [0, 0.1) is 11.3 Å². The standard InChI is InChI=1S/C43H23N3SSe/c44-24-25-13-18-38-33(21-25)29-8-2-4-10-36(29)45(38)26-14-19-40-34(22-26)35-23-27(15-20-41(35)48-40)46-37-11-5-1-7-28(37)31-16-17-32-30-9-3-6-12-39(30)47-43(32)42(31)46/h1-23H. The number of benzene rings is 7. The summed E-state index contributed by atoms with van der Waals surface area (Å²) in [5.41, 5.74) is 7.80. The number of nitriles is 1. The van der Waals surface area contributed by atoms with E-state index in [2.05, 4.69) is 143 Å². The Hall–Kier alpha value is -5.63. The van der Waals surface area contributed by atoms with Crippen LogP contribution in [0.1, 0.15) is 5.56 Å². The van der Waals surface area contributed by atoms with Gasteiger partial charge < -0.3 is 0 Å². The normalized spacial score (nSPS) is 12.1. The molecule has 0 radical (unpaired) electrons. The molecule has 0 bridgehead atoms. The molecule has 0 atom stereocenters. The van der Waals surface area contributed by atoms with Gasteiger partial charge in [0.2, 0.25) is 0 Å². The van der Waals surface area contributed by atoms with Crippen LogP contribution in [0.15, 0.2) is 140 Å². The minimum absolute atomic E-state index is 0.240. The molecule has 0 N–H and O–H groups in total. The van der Waals surface area contributed by atoms with Gasteiger partial charge in [-0.1, -0.05) is 0 Å². The van der Waals surface area contributed by atoms with Crippen molar-refractivity contribution < 1.29 is 0 Å². The Labute approximate surface area is 284 Å². The molecule has 0 saturated heterocycles. The Balaban J connectivity index is 1.19. The van der Waals surface area contributed by atoms with Crippen molar-refractivity contribution >= 4 is 109 Å². The maximum atomic E-state index is 9.63. The molecule has 48 heavy (non-hydrogen) atoms. The van der Waals surface area contributed by atoms with E-state index in [1.54, 1.807) is 0 Å². The molecule has 7 aromatic carbocycles. The van der Waals surface area contributed by atoms with Crippen molar-refractivity contribution in [2.45, 2.75) is 0 Å². The van der Waals surface area contributed by atoms with Crippen molar-refractivity contribution in [2.24, 2.45) is 0 Å². The molecule has 11 rings (SSSR count). The summed E-state index contributed by atoms with van der Waals surface area (Å²) in [5, 5.41) is 19.8. The van der Waals surface area contributed by atoms with Gasteiger partial charge in [0.05, 0.1) is 0 Å². The number of para-hydroxylation sites is 2. The third kappa shape index (κ3) is 3.52. The fourth-order valence-corrected chi connectivity index (χ4v) is 11.3. The number of hydrogen-bond acceptors (Lipinski definition) is 2. The van der Waals surface area contributed by atoms with Gasteiger partial charge in [0, 0.05) is 0 Å². The fourth-order valence-electron chi connectivity index (χ4n) is 7.85. The van der Waals surface area contributed by atoms with Gasteiger partial charge in [-0.15, -0.1) is 0 Å². The number of nitrogens with zero attached hydrogens (tertiary/aromatic N) is 3. The molecule has 222 valence electrons. The Bertz CT molecular complexity index is 3200. The van der Waals surface area contributed by atoms with Gasteiger partial charge in [-0.25, -0.2) is 0 Å². The maximum absolute atomic E-state index is 9.63. The van der Waals surface area contributed by atoms with Crippen LogP contribution < -0.4 is 0 Å². The van der Waals surface area contributed by atoms with Crippen LogP contribution in [0.5, 0.6) is 0 Å². The number of rotatable bonds is 2. The summed E-state index contributed by atoms with van der Waals surface area (Å²) in [6.45, 7) is 0. The molecule has 3 nitrogen and oxygen atoms in total. The van der Waals surface area contributed by atoms with Crippen LogP contribution in [-0.2, 0) is 0 Å². The van der Waals surface area contributed by atoms with E-state index in [0.717, 1.165) is 27.5 Å². The van der Waals surface area contributed by atoms with Crippen LogP contribution in [0.3, 0.4) is 0 Å². The van der Waals surface area contributed by atoms with Crippen LogP contribution >= 0.6 is 11.3 Å². The van der Waals surface area contributed by atoms with Gasteiger partial charge in [-0.05, 0) is 0 Å². The summed E-state index contributed by atoms with van der Waals surface area (Å²) in [5.74, 6) is 0. The van der Waals surface area contributed by atoms with E-state index < -0.39 is 0 Å². The predicted octanol–water partition coefficient (Wildman–Crippen LogP) is 11.5. The van der Waals surface area contributed by atoms with Gasteiger partial charge >= 0.3 is 286 Å². The number of thiophene rings is 1. The molecule has 5 heteroatoms. The summed E-state index contributed by atoms with van der Waals surface area (Å²) < 4.78 is 10.3. The summed E-state index contributed by atoms with van der Waals surface area (Å²) in [6.07, 6.45) is 0. The van der Waals surface area contributed by atoms with Crippen LogP contribution in [0.2, 0.25) is 0 Å².